The maximum Gasteiger partial charge on any atom is 0.271 e. The zero-order valence-corrected chi connectivity index (χ0v) is 18.3. The number of anilines is 2. The van der Waals surface area contributed by atoms with Crippen LogP contribution in [0.5, 0.6) is 0 Å². The van der Waals surface area contributed by atoms with E-state index in [1.807, 2.05) is 19.9 Å². The first kappa shape index (κ1) is 20.9. The van der Waals surface area contributed by atoms with Crippen LogP contribution in [-0.2, 0) is 14.3 Å². The highest BCUT2D eigenvalue weighted by molar-refractivity contribution is 6.07. The lowest BCUT2D eigenvalue weighted by atomic mass is 10.1. The van der Waals surface area contributed by atoms with Gasteiger partial charge in [-0.05, 0) is 26.0 Å². The van der Waals surface area contributed by atoms with Crippen molar-refractivity contribution in [3.8, 4) is 0 Å². The fourth-order valence-electron chi connectivity index (χ4n) is 4.18. The molecule has 10 heteroatoms. The quantitative estimate of drug-likeness (QED) is 0.753. The molecule has 5 rings (SSSR count). The molecular formula is C23H23FN6O3. The number of halogens is 1. The molecular weight excluding hydrogens is 427 g/mol. The fraction of sp³-hybridized carbons (Fsp3) is 0.304. The maximum atomic E-state index is 13.3. The van der Waals surface area contributed by atoms with Crippen molar-refractivity contribution in [1.82, 2.24) is 19.7 Å². The molecule has 0 radical (unpaired) electrons. The minimum Gasteiger partial charge on any atom is -0.500 e. The van der Waals surface area contributed by atoms with Gasteiger partial charge in [0.25, 0.3) is 5.91 Å². The number of rotatable bonds is 5. The Morgan fingerprint density at radius 1 is 1.36 bits per heavy atom. The van der Waals surface area contributed by atoms with Crippen molar-refractivity contribution >= 4 is 34.7 Å². The van der Waals surface area contributed by atoms with Crippen LogP contribution >= 0.6 is 0 Å². The molecule has 33 heavy (non-hydrogen) atoms. The number of fused-ring (bicyclic) bond motifs is 1. The van der Waals surface area contributed by atoms with Crippen molar-refractivity contribution in [3.05, 3.63) is 60.0 Å². The van der Waals surface area contributed by atoms with Crippen LogP contribution in [0.3, 0.4) is 0 Å². The standard InChI is InChI=1S/C23H23FN6O3/c1-13(2)28-10-17-14(3)30-21(8-18(27-30)15-6-7-33-12-15)29(22(17)23(28)32)11-20(31)26-19-5-4-16(24)9-25-19/h4-5,8-9,12-13H,3,6-7,10-11H2,1-2H3,(H,25,26,31). The maximum absolute atomic E-state index is 13.3. The van der Waals surface area contributed by atoms with Gasteiger partial charge in [-0.2, -0.15) is 5.10 Å². The molecule has 0 aliphatic carbocycles. The van der Waals surface area contributed by atoms with E-state index in [0.717, 1.165) is 23.8 Å². The lowest BCUT2D eigenvalue weighted by Crippen LogP contribution is -2.41. The van der Waals surface area contributed by atoms with Gasteiger partial charge in [-0.15, -0.1) is 0 Å². The monoisotopic (exact) mass is 450 g/mol. The van der Waals surface area contributed by atoms with E-state index >= 15 is 0 Å². The summed E-state index contributed by atoms with van der Waals surface area (Å²) in [6, 6.07) is 4.42. The Bertz CT molecular complexity index is 1230. The summed E-state index contributed by atoms with van der Waals surface area (Å²) in [5, 5.41) is 7.36. The van der Waals surface area contributed by atoms with E-state index in [2.05, 4.69) is 16.9 Å². The van der Waals surface area contributed by atoms with Crippen LogP contribution in [0.1, 0.15) is 26.0 Å². The van der Waals surface area contributed by atoms with E-state index in [0.29, 0.717) is 36.1 Å². The molecule has 3 aliphatic rings. The first-order valence-corrected chi connectivity index (χ1v) is 10.7. The summed E-state index contributed by atoms with van der Waals surface area (Å²) in [6.45, 7) is 8.92. The zero-order chi connectivity index (χ0) is 23.3. The molecule has 0 saturated heterocycles. The van der Waals surface area contributed by atoms with E-state index in [9.17, 15) is 14.0 Å². The predicted octanol–water partition coefficient (Wildman–Crippen LogP) is 2.61. The van der Waals surface area contributed by atoms with Gasteiger partial charge in [0.1, 0.15) is 29.7 Å². The highest BCUT2D eigenvalue weighted by Gasteiger charge is 2.42. The van der Waals surface area contributed by atoms with Crippen molar-refractivity contribution in [2.45, 2.75) is 26.3 Å². The van der Waals surface area contributed by atoms with Crippen LogP contribution in [0.15, 0.2) is 48.5 Å². The Morgan fingerprint density at radius 3 is 2.85 bits per heavy atom. The number of pyridine rings is 1. The van der Waals surface area contributed by atoms with Crippen LogP contribution in [0.2, 0.25) is 0 Å². The van der Waals surface area contributed by atoms with Gasteiger partial charge < -0.3 is 19.9 Å². The smallest absolute Gasteiger partial charge is 0.271 e. The molecule has 0 spiro atoms. The second kappa shape index (κ2) is 7.88. The number of hydrogen-bond acceptors (Lipinski definition) is 6. The van der Waals surface area contributed by atoms with Gasteiger partial charge in [0.15, 0.2) is 0 Å². The molecule has 9 nitrogen and oxygen atoms in total. The zero-order valence-electron chi connectivity index (χ0n) is 18.3. The highest BCUT2D eigenvalue weighted by Crippen LogP contribution is 2.40. The minimum absolute atomic E-state index is 0.0151. The van der Waals surface area contributed by atoms with Crippen LogP contribution < -0.4 is 10.2 Å². The average molecular weight is 450 g/mol. The van der Waals surface area contributed by atoms with E-state index < -0.39 is 11.7 Å². The number of aromatic nitrogens is 3. The fourth-order valence-corrected chi connectivity index (χ4v) is 4.18. The molecule has 0 bridgehead atoms. The number of carbonyl (C=O) groups is 2. The highest BCUT2D eigenvalue weighted by atomic mass is 19.1. The van der Waals surface area contributed by atoms with Gasteiger partial charge >= 0.3 is 0 Å². The Morgan fingerprint density at radius 2 is 2.18 bits per heavy atom. The number of hydrogen-bond donors (Lipinski definition) is 1. The second-order valence-electron chi connectivity index (χ2n) is 8.36. The summed E-state index contributed by atoms with van der Waals surface area (Å²) in [4.78, 5) is 33.5. The Balaban J connectivity index is 1.51. The van der Waals surface area contributed by atoms with Crippen LogP contribution in [0.4, 0.5) is 16.0 Å². The number of ether oxygens (including phenoxy) is 1. The summed E-state index contributed by atoms with van der Waals surface area (Å²) >= 11 is 0. The number of nitrogens with one attached hydrogen (secondary N) is 1. The van der Waals surface area contributed by atoms with E-state index in [4.69, 9.17) is 9.84 Å². The van der Waals surface area contributed by atoms with Crippen molar-refractivity contribution in [2.24, 2.45) is 0 Å². The number of carbonyl (C=O) groups excluding carboxylic acids is 2. The van der Waals surface area contributed by atoms with Gasteiger partial charge in [-0.25, -0.2) is 14.1 Å². The Hall–Kier alpha value is -3.95. The molecule has 2 amide bonds. The lowest BCUT2D eigenvalue weighted by molar-refractivity contribution is -0.127. The Labute approximate surface area is 189 Å². The normalized spacial score (nSPS) is 17.4. The van der Waals surface area contributed by atoms with Crippen molar-refractivity contribution < 1.29 is 18.7 Å². The molecule has 0 saturated carbocycles. The van der Waals surface area contributed by atoms with Gasteiger partial charge in [0, 0.05) is 29.7 Å². The van der Waals surface area contributed by atoms with Crippen molar-refractivity contribution in [1.29, 1.82) is 0 Å². The van der Waals surface area contributed by atoms with Crippen LogP contribution in [-0.4, -0.2) is 57.2 Å². The topological polar surface area (TPSA) is 92.6 Å². The summed E-state index contributed by atoms with van der Waals surface area (Å²) in [7, 11) is 0. The third-order valence-electron chi connectivity index (χ3n) is 5.88. The van der Waals surface area contributed by atoms with E-state index in [1.54, 1.807) is 20.7 Å². The molecule has 1 N–H and O–H groups in total. The summed E-state index contributed by atoms with van der Waals surface area (Å²) in [6.07, 6.45) is 3.44. The summed E-state index contributed by atoms with van der Waals surface area (Å²) in [5.74, 6) is -0.263. The molecule has 0 aromatic carbocycles. The Kier molecular flexibility index (Phi) is 4.99. The molecule has 0 unspecified atom stereocenters. The van der Waals surface area contributed by atoms with Crippen molar-refractivity contribution in [2.75, 3.05) is 29.9 Å². The largest absolute Gasteiger partial charge is 0.500 e. The summed E-state index contributed by atoms with van der Waals surface area (Å²) in [5.41, 5.74) is 3.43. The SMILES string of the molecule is C=C1C2=C(C(=O)N(C(C)C)C2)N(CC(=O)Nc2ccc(F)cn2)c2cc(C3=COCC3)nn21. The van der Waals surface area contributed by atoms with E-state index in [1.165, 1.54) is 12.1 Å². The van der Waals surface area contributed by atoms with E-state index in [-0.39, 0.29) is 24.3 Å². The van der Waals surface area contributed by atoms with Crippen LogP contribution in [0.25, 0.3) is 11.3 Å². The predicted molar refractivity (Wildman–Crippen MR) is 120 cm³/mol. The molecule has 3 aliphatic heterocycles. The van der Waals surface area contributed by atoms with Gasteiger partial charge in [-0.1, -0.05) is 6.58 Å². The molecule has 2 aromatic heterocycles. The lowest BCUT2D eigenvalue weighted by Gasteiger charge is -2.30. The number of nitrogens with zero attached hydrogens (tertiary/aromatic N) is 5. The molecule has 0 fully saturated rings. The van der Waals surface area contributed by atoms with Crippen LogP contribution in [0, 0.1) is 5.82 Å². The van der Waals surface area contributed by atoms with Gasteiger partial charge in [0.05, 0.1) is 37.0 Å². The van der Waals surface area contributed by atoms with Gasteiger partial charge in [0.2, 0.25) is 5.91 Å². The number of amides is 2. The third-order valence-corrected chi connectivity index (χ3v) is 5.88. The molecule has 0 atom stereocenters. The first-order valence-electron chi connectivity index (χ1n) is 10.7. The minimum atomic E-state index is -0.496. The van der Waals surface area contributed by atoms with Crippen molar-refractivity contribution in [3.63, 3.8) is 0 Å². The second-order valence-corrected chi connectivity index (χ2v) is 8.36. The van der Waals surface area contributed by atoms with Gasteiger partial charge in [-0.3, -0.25) is 9.59 Å². The third kappa shape index (κ3) is 3.57. The average Bonchev–Trinajstić information content (AvgIpc) is 3.51. The summed E-state index contributed by atoms with van der Waals surface area (Å²) < 4.78 is 20.2. The first-order chi connectivity index (χ1) is 15.8. The molecule has 5 heterocycles. The molecule has 2 aromatic rings. The molecule has 170 valence electrons.